The van der Waals surface area contributed by atoms with E-state index in [0.717, 1.165) is 0 Å². The summed E-state index contributed by atoms with van der Waals surface area (Å²) in [6.07, 6.45) is 1.29. The Balaban J connectivity index is 2.17. The number of rotatable bonds is 2. The lowest BCUT2D eigenvalue weighted by molar-refractivity contribution is -0.143. The van der Waals surface area contributed by atoms with E-state index in [1.165, 1.54) is 11.0 Å². The normalized spacial score (nSPS) is 19.3. The van der Waals surface area contributed by atoms with E-state index < -0.39 is 11.9 Å². The highest BCUT2D eigenvalue weighted by molar-refractivity contribution is 6.36. The van der Waals surface area contributed by atoms with E-state index in [1.54, 1.807) is 12.1 Å². The molecule has 19 heavy (non-hydrogen) atoms. The van der Waals surface area contributed by atoms with Crippen LogP contribution in [-0.4, -0.2) is 35.0 Å². The van der Waals surface area contributed by atoms with Crippen LogP contribution < -0.4 is 0 Å². The fourth-order valence-corrected chi connectivity index (χ4v) is 2.69. The Hall–Kier alpha value is -1.26. The Morgan fingerprint density at radius 2 is 2.05 bits per heavy atom. The number of carboxylic acids is 1. The molecule has 2 rings (SSSR count). The van der Waals surface area contributed by atoms with Crippen LogP contribution in [0.25, 0.3) is 0 Å². The van der Waals surface area contributed by atoms with Gasteiger partial charge < -0.3 is 10.0 Å². The number of carboxylic acid groups (broad SMARTS) is 1. The molecule has 1 N–H and O–H groups in total. The van der Waals surface area contributed by atoms with E-state index in [9.17, 15) is 9.59 Å². The second-order valence-electron chi connectivity index (χ2n) is 4.55. The molecule has 1 aliphatic heterocycles. The zero-order valence-electron chi connectivity index (χ0n) is 10.1. The first-order valence-electron chi connectivity index (χ1n) is 5.96. The van der Waals surface area contributed by atoms with Crippen LogP contribution in [0.15, 0.2) is 18.2 Å². The van der Waals surface area contributed by atoms with Crippen molar-refractivity contribution in [3.8, 4) is 0 Å². The maximum Gasteiger partial charge on any atom is 0.308 e. The molecule has 6 heteroatoms. The Kier molecular flexibility index (Phi) is 4.32. The fourth-order valence-electron chi connectivity index (χ4n) is 2.20. The van der Waals surface area contributed by atoms with E-state index >= 15 is 0 Å². The molecule has 0 bridgehead atoms. The number of hydrogen-bond acceptors (Lipinski definition) is 2. The minimum Gasteiger partial charge on any atom is -0.481 e. The van der Waals surface area contributed by atoms with Gasteiger partial charge in [0.05, 0.1) is 16.5 Å². The number of amides is 1. The van der Waals surface area contributed by atoms with Gasteiger partial charge in [-0.15, -0.1) is 0 Å². The Morgan fingerprint density at radius 1 is 1.32 bits per heavy atom. The van der Waals surface area contributed by atoms with Gasteiger partial charge in [-0.2, -0.15) is 0 Å². The van der Waals surface area contributed by atoms with Crippen LogP contribution in [0.2, 0.25) is 10.0 Å². The molecule has 1 unspecified atom stereocenters. The standard InChI is InChI=1S/C13H13Cl2NO3/c14-9-3-4-10(11(15)6-9)12(17)16-5-1-2-8(7-16)13(18)19/h3-4,6,8H,1-2,5,7H2,(H,18,19). The minimum atomic E-state index is -0.861. The third-order valence-corrected chi connectivity index (χ3v) is 3.77. The van der Waals surface area contributed by atoms with Crippen LogP contribution in [-0.2, 0) is 4.79 Å². The van der Waals surface area contributed by atoms with Crippen LogP contribution in [0.1, 0.15) is 23.2 Å². The molecule has 0 spiro atoms. The maximum absolute atomic E-state index is 12.3. The van der Waals surface area contributed by atoms with Gasteiger partial charge >= 0.3 is 5.97 Å². The van der Waals surface area contributed by atoms with Crippen molar-refractivity contribution >= 4 is 35.1 Å². The molecule has 0 saturated carbocycles. The van der Waals surface area contributed by atoms with Crippen molar-refractivity contribution in [3.05, 3.63) is 33.8 Å². The SMILES string of the molecule is O=C(O)C1CCCN(C(=O)c2ccc(Cl)cc2Cl)C1. The number of halogens is 2. The van der Waals surface area contributed by atoms with Gasteiger partial charge in [0.15, 0.2) is 0 Å². The van der Waals surface area contributed by atoms with E-state index in [0.29, 0.717) is 30.0 Å². The number of aliphatic carboxylic acids is 1. The number of hydrogen-bond donors (Lipinski definition) is 1. The molecule has 1 heterocycles. The smallest absolute Gasteiger partial charge is 0.308 e. The Bertz CT molecular complexity index is 519. The molecular weight excluding hydrogens is 289 g/mol. The van der Waals surface area contributed by atoms with Crippen LogP contribution in [0.4, 0.5) is 0 Å². The van der Waals surface area contributed by atoms with Crippen molar-refractivity contribution in [3.63, 3.8) is 0 Å². The fraction of sp³-hybridized carbons (Fsp3) is 0.385. The summed E-state index contributed by atoms with van der Waals surface area (Å²) in [5.74, 6) is -1.60. The van der Waals surface area contributed by atoms with Crippen LogP contribution in [0, 0.1) is 5.92 Å². The zero-order chi connectivity index (χ0) is 14.0. The third-order valence-electron chi connectivity index (χ3n) is 3.22. The van der Waals surface area contributed by atoms with Crippen molar-refractivity contribution < 1.29 is 14.7 Å². The van der Waals surface area contributed by atoms with Gasteiger partial charge in [-0.05, 0) is 31.0 Å². The second kappa shape index (κ2) is 5.80. The van der Waals surface area contributed by atoms with Crippen LogP contribution in [0.3, 0.4) is 0 Å². The molecule has 1 aromatic rings. The van der Waals surface area contributed by atoms with Gasteiger partial charge in [-0.25, -0.2) is 0 Å². The van der Waals surface area contributed by atoms with Gasteiger partial charge in [-0.1, -0.05) is 23.2 Å². The number of likely N-dealkylation sites (tertiary alicyclic amines) is 1. The van der Waals surface area contributed by atoms with E-state index in [2.05, 4.69) is 0 Å². The highest BCUT2D eigenvalue weighted by atomic mass is 35.5. The summed E-state index contributed by atoms with van der Waals surface area (Å²) in [6, 6.07) is 4.67. The lowest BCUT2D eigenvalue weighted by Crippen LogP contribution is -2.42. The van der Waals surface area contributed by atoms with E-state index in [1.807, 2.05) is 0 Å². The lowest BCUT2D eigenvalue weighted by atomic mass is 9.97. The van der Waals surface area contributed by atoms with Crippen LogP contribution >= 0.6 is 23.2 Å². The van der Waals surface area contributed by atoms with Gasteiger partial charge in [0.25, 0.3) is 5.91 Å². The third kappa shape index (κ3) is 3.19. The largest absolute Gasteiger partial charge is 0.481 e. The predicted octanol–water partition coefficient (Wildman–Crippen LogP) is 2.93. The first-order chi connectivity index (χ1) is 8.99. The molecule has 1 saturated heterocycles. The number of carbonyl (C=O) groups excluding carboxylic acids is 1. The zero-order valence-corrected chi connectivity index (χ0v) is 11.6. The molecule has 1 aromatic carbocycles. The summed E-state index contributed by atoms with van der Waals surface area (Å²) in [4.78, 5) is 24.8. The predicted molar refractivity (Wildman–Crippen MR) is 72.7 cm³/mol. The quantitative estimate of drug-likeness (QED) is 0.914. The van der Waals surface area contributed by atoms with Crippen molar-refractivity contribution in [1.29, 1.82) is 0 Å². The van der Waals surface area contributed by atoms with Gasteiger partial charge in [-0.3, -0.25) is 9.59 Å². The summed E-state index contributed by atoms with van der Waals surface area (Å²) in [7, 11) is 0. The summed E-state index contributed by atoms with van der Waals surface area (Å²) < 4.78 is 0. The average molecular weight is 302 g/mol. The average Bonchev–Trinajstić information content (AvgIpc) is 2.38. The summed E-state index contributed by atoms with van der Waals surface area (Å²) in [5.41, 5.74) is 0.358. The van der Waals surface area contributed by atoms with E-state index in [-0.39, 0.29) is 17.5 Å². The van der Waals surface area contributed by atoms with Crippen molar-refractivity contribution in [2.24, 2.45) is 5.92 Å². The van der Waals surface area contributed by atoms with Crippen molar-refractivity contribution in [2.45, 2.75) is 12.8 Å². The van der Waals surface area contributed by atoms with Crippen LogP contribution in [0.5, 0.6) is 0 Å². The molecule has 0 radical (unpaired) electrons. The molecule has 1 atom stereocenters. The number of benzene rings is 1. The molecule has 0 aromatic heterocycles. The second-order valence-corrected chi connectivity index (χ2v) is 5.40. The molecule has 1 aliphatic rings. The van der Waals surface area contributed by atoms with Crippen molar-refractivity contribution in [2.75, 3.05) is 13.1 Å². The summed E-state index contributed by atoms with van der Waals surface area (Å²) in [6.45, 7) is 0.786. The Morgan fingerprint density at radius 3 is 2.68 bits per heavy atom. The minimum absolute atomic E-state index is 0.229. The molecular formula is C13H13Cl2NO3. The first-order valence-corrected chi connectivity index (χ1v) is 6.72. The number of carbonyl (C=O) groups is 2. The molecule has 0 aliphatic carbocycles. The lowest BCUT2D eigenvalue weighted by Gasteiger charge is -2.31. The maximum atomic E-state index is 12.3. The molecule has 102 valence electrons. The van der Waals surface area contributed by atoms with Crippen molar-refractivity contribution in [1.82, 2.24) is 4.90 Å². The topological polar surface area (TPSA) is 57.6 Å². The van der Waals surface area contributed by atoms with Gasteiger partial charge in [0, 0.05) is 18.1 Å². The van der Waals surface area contributed by atoms with E-state index in [4.69, 9.17) is 28.3 Å². The molecule has 1 amide bonds. The summed E-state index contributed by atoms with van der Waals surface area (Å²) in [5, 5.41) is 9.77. The first kappa shape index (κ1) is 14.2. The van der Waals surface area contributed by atoms with Gasteiger partial charge in [0.1, 0.15) is 0 Å². The molecule has 1 fully saturated rings. The van der Waals surface area contributed by atoms with Gasteiger partial charge in [0.2, 0.25) is 0 Å². The molecule has 4 nitrogen and oxygen atoms in total. The number of piperidine rings is 1. The highest BCUT2D eigenvalue weighted by Gasteiger charge is 2.29. The number of nitrogens with zero attached hydrogens (tertiary/aromatic N) is 1. The monoisotopic (exact) mass is 301 g/mol. The summed E-state index contributed by atoms with van der Waals surface area (Å²) >= 11 is 11.8. The highest BCUT2D eigenvalue weighted by Crippen LogP contribution is 2.25. The Labute approximate surface area is 120 Å².